The molecule has 0 fully saturated rings. The van der Waals surface area contributed by atoms with E-state index in [9.17, 15) is 17.6 Å². The number of benzene rings is 2. The molecule has 1 amide bonds. The van der Waals surface area contributed by atoms with Crippen molar-refractivity contribution in [2.45, 2.75) is 37.7 Å². The van der Waals surface area contributed by atoms with E-state index in [-0.39, 0.29) is 11.3 Å². The number of hydrogen-bond donors (Lipinski definition) is 1. The summed E-state index contributed by atoms with van der Waals surface area (Å²) in [7, 11) is -3.71. The molecule has 0 spiro atoms. The van der Waals surface area contributed by atoms with Gasteiger partial charge in [0.2, 0.25) is 0 Å². The number of rotatable bonds is 5. The number of pyridine rings is 1. The third kappa shape index (κ3) is 4.98. The number of nitrogens with one attached hydrogen (secondary N) is 1. The second-order valence-electron chi connectivity index (χ2n) is 8.63. The van der Waals surface area contributed by atoms with Crippen LogP contribution in [0.1, 0.15) is 35.3 Å². The Kier molecular flexibility index (Phi) is 5.61. The van der Waals surface area contributed by atoms with Gasteiger partial charge in [-0.2, -0.15) is 0 Å². The molecule has 2 aromatic carbocycles. The number of carbonyl (C=O) groups excluding carboxylic acids is 1. The van der Waals surface area contributed by atoms with E-state index in [1.165, 1.54) is 6.07 Å². The number of nitrogens with zero attached hydrogens (tertiary/aromatic N) is 1. The zero-order valence-corrected chi connectivity index (χ0v) is 19.4. The molecule has 1 aliphatic rings. The average Bonchev–Trinajstić information content (AvgIpc) is 3.03. The second kappa shape index (κ2) is 8.15. The molecule has 0 saturated carbocycles. The largest absolute Gasteiger partial charge is 0.487 e. The molecular formula is C24H23FN2O5S. The van der Waals surface area contributed by atoms with Crippen LogP contribution in [0.4, 0.5) is 10.2 Å². The summed E-state index contributed by atoms with van der Waals surface area (Å²) in [6.45, 7) is 5.72. The Morgan fingerprint density at radius 1 is 1.18 bits per heavy atom. The van der Waals surface area contributed by atoms with Gasteiger partial charge in [0.15, 0.2) is 9.84 Å². The van der Waals surface area contributed by atoms with Crippen LogP contribution in [0.3, 0.4) is 0 Å². The quantitative estimate of drug-likeness (QED) is 0.581. The minimum Gasteiger partial charge on any atom is -0.487 e. The van der Waals surface area contributed by atoms with E-state index in [1.807, 2.05) is 26.8 Å². The number of halogens is 1. The number of ether oxygens (including phenoxy) is 2. The van der Waals surface area contributed by atoms with Crippen LogP contribution in [-0.2, 0) is 16.3 Å². The number of sulfone groups is 1. The molecule has 0 saturated heterocycles. The Bertz CT molecular complexity index is 1350. The molecule has 0 aliphatic carbocycles. The molecule has 3 aromatic rings. The summed E-state index contributed by atoms with van der Waals surface area (Å²) in [5.74, 6) is -0.00867. The molecule has 1 aliphatic heterocycles. The summed E-state index contributed by atoms with van der Waals surface area (Å²) in [6, 6.07) is 10.2. The first kappa shape index (κ1) is 22.7. The lowest BCUT2D eigenvalue weighted by atomic mass is 9.99. The zero-order chi connectivity index (χ0) is 24.0. The molecule has 0 radical (unpaired) electrons. The Morgan fingerprint density at radius 2 is 1.94 bits per heavy atom. The topological polar surface area (TPSA) is 94.6 Å². The highest BCUT2D eigenvalue weighted by Gasteiger charge is 2.34. The van der Waals surface area contributed by atoms with Gasteiger partial charge < -0.3 is 14.8 Å². The van der Waals surface area contributed by atoms with Crippen LogP contribution in [-0.4, -0.2) is 31.2 Å². The minimum atomic E-state index is -3.71. The predicted octanol–water partition coefficient (Wildman–Crippen LogP) is 4.69. The zero-order valence-electron chi connectivity index (χ0n) is 18.6. The first-order valence-corrected chi connectivity index (χ1v) is 12.1. The van der Waals surface area contributed by atoms with Crippen molar-refractivity contribution in [2.75, 3.05) is 11.6 Å². The van der Waals surface area contributed by atoms with Gasteiger partial charge in [-0.3, -0.25) is 4.79 Å². The molecular weight excluding hydrogens is 447 g/mol. The molecule has 9 heteroatoms. The van der Waals surface area contributed by atoms with Gasteiger partial charge in [-0.15, -0.1) is 0 Å². The van der Waals surface area contributed by atoms with E-state index in [2.05, 4.69) is 10.3 Å². The van der Waals surface area contributed by atoms with Crippen LogP contribution < -0.4 is 14.8 Å². The molecule has 7 nitrogen and oxygen atoms in total. The van der Waals surface area contributed by atoms with Crippen molar-refractivity contribution < 1.29 is 27.1 Å². The van der Waals surface area contributed by atoms with Crippen LogP contribution in [0.2, 0.25) is 0 Å². The second-order valence-corrected chi connectivity index (χ2v) is 10.6. The molecule has 0 bridgehead atoms. The number of anilines is 1. The predicted molar refractivity (Wildman–Crippen MR) is 121 cm³/mol. The molecule has 4 rings (SSSR count). The van der Waals surface area contributed by atoms with E-state index >= 15 is 0 Å². The fourth-order valence-electron chi connectivity index (χ4n) is 3.57. The Morgan fingerprint density at radius 3 is 2.58 bits per heavy atom. The van der Waals surface area contributed by atoms with Crippen LogP contribution in [0.5, 0.6) is 17.2 Å². The maximum atomic E-state index is 14.4. The highest BCUT2D eigenvalue weighted by molar-refractivity contribution is 7.90. The van der Waals surface area contributed by atoms with Crippen molar-refractivity contribution in [1.29, 1.82) is 0 Å². The van der Waals surface area contributed by atoms with Crippen molar-refractivity contribution in [1.82, 2.24) is 4.98 Å². The van der Waals surface area contributed by atoms with Crippen molar-refractivity contribution in [3.63, 3.8) is 0 Å². The van der Waals surface area contributed by atoms with Crippen LogP contribution in [0.25, 0.3) is 0 Å². The lowest BCUT2D eigenvalue weighted by Gasteiger charge is -2.16. The van der Waals surface area contributed by atoms with Crippen LogP contribution in [0, 0.1) is 12.7 Å². The first-order chi connectivity index (χ1) is 15.4. The van der Waals surface area contributed by atoms with Crippen molar-refractivity contribution in [3.05, 3.63) is 71.2 Å². The average molecular weight is 471 g/mol. The van der Waals surface area contributed by atoms with Gasteiger partial charge in [-0.25, -0.2) is 17.8 Å². The van der Waals surface area contributed by atoms with Crippen LogP contribution in [0.15, 0.2) is 53.6 Å². The third-order valence-electron chi connectivity index (χ3n) is 5.10. The number of fused-ring (bicyclic) bond motifs is 1. The Labute approximate surface area is 191 Å². The highest BCUT2D eigenvalue weighted by atomic mass is 32.2. The molecule has 1 N–H and O–H groups in total. The number of carbonyl (C=O) groups is 1. The monoisotopic (exact) mass is 470 g/mol. The number of aromatic nitrogens is 1. The summed E-state index contributed by atoms with van der Waals surface area (Å²) in [6.07, 6.45) is 3.10. The van der Waals surface area contributed by atoms with Crippen molar-refractivity contribution in [3.8, 4) is 17.2 Å². The fourth-order valence-corrected chi connectivity index (χ4v) is 4.30. The molecule has 1 aromatic heterocycles. The van der Waals surface area contributed by atoms with E-state index in [1.54, 1.807) is 24.4 Å². The van der Waals surface area contributed by atoms with E-state index in [0.29, 0.717) is 23.7 Å². The fraction of sp³-hybridized carbons (Fsp3) is 0.250. The summed E-state index contributed by atoms with van der Waals surface area (Å²) < 4.78 is 49.6. The van der Waals surface area contributed by atoms with Crippen LogP contribution >= 0.6 is 0 Å². The van der Waals surface area contributed by atoms with Gasteiger partial charge in [0.1, 0.15) is 39.4 Å². The third-order valence-corrected chi connectivity index (χ3v) is 6.23. The number of aryl methyl sites for hydroxylation is 1. The van der Waals surface area contributed by atoms with Gasteiger partial charge in [-0.05, 0) is 56.7 Å². The smallest absolute Gasteiger partial charge is 0.257 e. The summed E-state index contributed by atoms with van der Waals surface area (Å²) >= 11 is 0. The van der Waals surface area contributed by atoms with Gasteiger partial charge in [0, 0.05) is 36.1 Å². The minimum absolute atomic E-state index is 0.101. The maximum absolute atomic E-state index is 14.4. The standard InChI is InChI=1S/C24H23FN2O5S/c1-14-5-8-22(26-13-14)27-23(28)15-9-19(17-12-24(2,3)32-20(17)10-15)31-16-6-7-21(18(25)11-16)33(4,29)30/h5-11,13H,12H2,1-4H3,(H,26,27,28). The first-order valence-electron chi connectivity index (χ1n) is 10.2. The lowest BCUT2D eigenvalue weighted by Crippen LogP contribution is -2.24. The summed E-state index contributed by atoms with van der Waals surface area (Å²) in [4.78, 5) is 16.7. The molecule has 0 atom stereocenters. The molecule has 2 heterocycles. The van der Waals surface area contributed by atoms with Gasteiger partial charge in [0.05, 0.1) is 0 Å². The summed E-state index contributed by atoms with van der Waals surface area (Å²) in [5.41, 5.74) is 1.46. The maximum Gasteiger partial charge on any atom is 0.257 e. The highest BCUT2D eigenvalue weighted by Crippen LogP contribution is 2.43. The Hall–Kier alpha value is -3.46. The van der Waals surface area contributed by atoms with Gasteiger partial charge >= 0.3 is 0 Å². The Balaban J connectivity index is 1.69. The lowest BCUT2D eigenvalue weighted by molar-refractivity contribution is 0.102. The number of hydrogen-bond acceptors (Lipinski definition) is 6. The van der Waals surface area contributed by atoms with Gasteiger partial charge in [-0.1, -0.05) is 6.07 Å². The van der Waals surface area contributed by atoms with Crippen molar-refractivity contribution in [2.24, 2.45) is 0 Å². The van der Waals surface area contributed by atoms with E-state index in [0.717, 1.165) is 29.5 Å². The summed E-state index contributed by atoms with van der Waals surface area (Å²) in [5, 5.41) is 2.73. The number of amides is 1. The van der Waals surface area contributed by atoms with Crippen molar-refractivity contribution >= 4 is 21.6 Å². The molecule has 33 heavy (non-hydrogen) atoms. The van der Waals surface area contributed by atoms with E-state index in [4.69, 9.17) is 9.47 Å². The normalized spacial score (nSPS) is 14.3. The van der Waals surface area contributed by atoms with E-state index < -0.39 is 32.1 Å². The SMILES string of the molecule is Cc1ccc(NC(=O)c2cc(Oc3ccc(S(C)(=O)=O)c(F)c3)c3c(c2)OC(C)(C)C3)nc1. The molecule has 172 valence electrons. The van der Waals surface area contributed by atoms with Gasteiger partial charge in [0.25, 0.3) is 5.91 Å². The molecule has 0 unspecified atom stereocenters.